The fraction of sp³-hybridized carbons (Fsp3) is 0.0833. The van der Waals surface area contributed by atoms with Crippen LogP contribution in [-0.4, -0.2) is 11.5 Å². The van der Waals surface area contributed by atoms with Crippen LogP contribution in [0.3, 0.4) is 0 Å². The zero-order valence-electron chi connectivity index (χ0n) is 7.79. The minimum Gasteiger partial charge on any atom is -0.293 e. The van der Waals surface area contributed by atoms with E-state index < -0.39 is 0 Å². The zero-order valence-corrected chi connectivity index (χ0v) is 9.36. The number of carbonyl (C=O) groups is 1. The molecule has 0 saturated carbocycles. The molecule has 2 aromatic rings. The molecule has 0 saturated heterocycles. The van der Waals surface area contributed by atoms with Gasteiger partial charge in [0.1, 0.15) is 0 Å². The molecule has 0 bridgehead atoms. The van der Waals surface area contributed by atoms with E-state index in [1.807, 2.05) is 30.3 Å². The Morgan fingerprint density at radius 1 is 1.20 bits per heavy atom. The molecule has 0 N–H and O–H groups in total. The molecule has 0 radical (unpaired) electrons. The van der Waals surface area contributed by atoms with E-state index in [0.717, 1.165) is 26.3 Å². The van der Waals surface area contributed by atoms with Crippen molar-refractivity contribution >= 4 is 39.9 Å². The van der Waals surface area contributed by atoms with Gasteiger partial charge in [0.15, 0.2) is 5.78 Å². The molecule has 0 spiro atoms. The Labute approximate surface area is 96.4 Å². The molecule has 3 heteroatoms. The van der Waals surface area contributed by atoms with Crippen molar-refractivity contribution in [1.29, 1.82) is 0 Å². The van der Waals surface area contributed by atoms with E-state index in [-0.39, 0.29) is 5.78 Å². The van der Waals surface area contributed by atoms with Crippen LogP contribution in [-0.2, 0) is 0 Å². The van der Waals surface area contributed by atoms with Crippen molar-refractivity contribution in [3.8, 4) is 0 Å². The number of thioether (sulfide) groups is 1. The third-order valence-corrected chi connectivity index (χ3v) is 4.14. The molecule has 0 fully saturated rings. The number of rotatable bonds is 0. The van der Waals surface area contributed by atoms with Crippen molar-refractivity contribution in [2.75, 3.05) is 5.75 Å². The maximum atomic E-state index is 11.7. The summed E-state index contributed by atoms with van der Waals surface area (Å²) in [6, 6.07) is 9.67. The average molecular weight is 235 g/mol. The van der Waals surface area contributed by atoms with E-state index >= 15 is 0 Å². The van der Waals surface area contributed by atoms with E-state index in [4.69, 9.17) is 11.6 Å². The van der Waals surface area contributed by atoms with Gasteiger partial charge in [-0.15, -0.1) is 11.8 Å². The minimum atomic E-state index is 0.195. The maximum Gasteiger partial charge on any atom is 0.173 e. The van der Waals surface area contributed by atoms with Gasteiger partial charge < -0.3 is 0 Å². The van der Waals surface area contributed by atoms with Gasteiger partial charge >= 0.3 is 0 Å². The molecular weight excluding hydrogens is 228 g/mol. The summed E-state index contributed by atoms with van der Waals surface area (Å²) < 4.78 is 0. The Balaban J connectivity index is 2.53. The molecule has 74 valence electrons. The van der Waals surface area contributed by atoms with Crippen molar-refractivity contribution in [3.05, 3.63) is 40.9 Å². The van der Waals surface area contributed by atoms with Crippen LogP contribution in [0.1, 0.15) is 10.4 Å². The Morgan fingerprint density at radius 2 is 2.07 bits per heavy atom. The van der Waals surface area contributed by atoms with Crippen LogP contribution in [0, 0.1) is 0 Å². The van der Waals surface area contributed by atoms with Crippen LogP contribution in [0.4, 0.5) is 0 Å². The van der Waals surface area contributed by atoms with Gasteiger partial charge in [-0.05, 0) is 11.5 Å². The van der Waals surface area contributed by atoms with E-state index in [1.165, 1.54) is 11.8 Å². The smallest absolute Gasteiger partial charge is 0.173 e. The van der Waals surface area contributed by atoms with Gasteiger partial charge in [-0.3, -0.25) is 4.79 Å². The summed E-state index contributed by atoms with van der Waals surface area (Å²) in [6.45, 7) is 0. The van der Waals surface area contributed by atoms with Crippen LogP contribution >= 0.6 is 23.4 Å². The Kier molecular flexibility index (Phi) is 2.01. The van der Waals surface area contributed by atoms with Gasteiger partial charge in [-0.25, -0.2) is 0 Å². The monoisotopic (exact) mass is 234 g/mol. The topological polar surface area (TPSA) is 17.1 Å². The third kappa shape index (κ3) is 1.29. The molecule has 3 rings (SSSR count). The first-order chi connectivity index (χ1) is 7.27. The largest absolute Gasteiger partial charge is 0.293 e. The Morgan fingerprint density at radius 3 is 2.93 bits per heavy atom. The summed E-state index contributed by atoms with van der Waals surface area (Å²) >= 11 is 7.66. The number of halogens is 1. The van der Waals surface area contributed by atoms with E-state index in [2.05, 4.69) is 0 Å². The molecule has 0 atom stereocenters. The van der Waals surface area contributed by atoms with Crippen molar-refractivity contribution in [2.24, 2.45) is 0 Å². The van der Waals surface area contributed by atoms with Gasteiger partial charge in [0.05, 0.1) is 10.8 Å². The van der Waals surface area contributed by atoms with Crippen molar-refractivity contribution in [2.45, 2.75) is 4.90 Å². The highest BCUT2D eigenvalue weighted by Crippen LogP contribution is 2.40. The van der Waals surface area contributed by atoms with Crippen LogP contribution < -0.4 is 0 Å². The Hall–Kier alpha value is -0.990. The molecule has 1 nitrogen and oxygen atoms in total. The number of hydrogen-bond donors (Lipinski definition) is 0. The fourth-order valence-corrected chi connectivity index (χ4v) is 3.24. The SMILES string of the molecule is O=C1CSc2c(Cl)ccc3cccc1c23. The van der Waals surface area contributed by atoms with Crippen LogP contribution in [0.2, 0.25) is 5.02 Å². The zero-order chi connectivity index (χ0) is 10.4. The number of hydrogen-bond acceptors (Lipinski definition) is 2. The molecule has 0 unspecified atom stereocenters. The van der Waals surface area contributed by atoms with Crippen molar-refractivity contribution in [3.63, 3.8) is 0 Å². The number of Topliss-reactive ketones (excluding diaryl/α,β-unsaturated/α-hetero) is 1. The first kappa shape index (κ1) is 9.25. The maximum absolute atomic E-state index is 11.7. The van der Waals surface area contributed by atoms with Gasteiger partial charge in [0, 0.05) is 15.8 Å². The van der Waals surface area contributed by atoms with E-state index in [9.17, 15) is 4.79 Å². The molecule has 15 heavy (non-hydrogen) atoms. The second-order valence-corrected chi connectivity index (χ2v) is 4.88. The Bertz CT molecular complexity index is 577. The average Bonchev–Trinajstić information content (AvgIpc) is 2.26. The predicted octanol–water partition coefficient (Wildman–Crippen LogP) is 3.78. The van der Waals surface area contributed by atoms with E-state index in [1.54, 1.807) is 0 Å². The normalized spacial score (nSPS) is 14.6. The summed E-state index contributed by atoms with van der Waals surface area (Å²) in [7, 11) is 0. The molecule has 0 amide bonds. The van der Waals surface area contributed by atoms with Crippen LogP contribution in [0.15, 0.2) is 35.2 Å². The molecule has 1 heterocycles. The van der Waals surface area contributed by atoms with Crippen molar-refractivity contribution in [1.82, 2.24) is 0 Å². The lowest BCUT2D eigenvalue weighted by atomic mass is 10.0. The van der Waals surface area contributed by atoms with Crippen LogP contribution in [0.5, 0.6) is 0 Å². The summed E-state index contributed by atoms with van der Waals surface area (Å²) in [5, 5.41) is 2.85. The van der Waals surface area contributed by atoms with Gasteiger partial charge in [-0.2, -0.15) is 0 Å². The number of benzene rings is 2. The van der Waals surface area contributed by atoms with Gasteiger partial charge in [0.2, 0.25) is 0 Å². The van der Waals surface area contributed by atoms with Gasteiger partial charge in [-0.1, -0.05) is 35.9 Å². The molecule has 1 aliphatic rings. The third-order valence-electron chi connectivity index (χ3n) is 2.60. The van der Waals surface area contributed by atoms with Crippen LogP contribution in [0.25, 0.3) is 10.8 Å². The molecule has 1 aliphatic heterocycles. The molecule has 2 aromatic carbocycles. The first-order valence-corrected chi connectivity index (χ1v) is 6.01. The highest BCUT2D eigenvalue weighted by molar-refractivity contribution is 8.00. The fourth-order valence-electron chi connectivity index (χ4n) is 1.91. The van der Waals surface area contributed by atoms with Crippen molar-refractivity contribution < 1.29 is 4.79 Å². The minimum absolute atomic E-state index is 0.195. The molecule has 0 aliphatic carbocycles. The summed E-state index contributed by atoms with van der Waals surface area (Å²) in [4.78, 5) is 12.8. The highest BCUT2D eigenvalue weighted by atomic mass is 35.5. The van der Waals surface area contributed by atoms with Gasteiger partial charge in [0.25, 0.3) is 0 Å². The summed E-state index contributed by atoms with van der Waals surface area (Å²) in [6.07, 6.45) is 0. The highest BCUT2D eigenvalue weighted by Gasteiger charge is 2.20. The lowest BCUT2D eigenvalue weighted by Gasteiger charge is -2.16. The standard InChI is InChI=1S/C12H7ClOS/c13-9-5-4-7-2-1-3-8-10(14)6-15-12(9)11(7)8/h1-5H,6H2. The first-order valence-electron chi connectivity index (χ1n) is 4.64. The predicted molar refractivity (Wildman–Crippen MR) is 64.0 cm³/mol. The summed E-state index contributed by atoms with van der Waals surface area (Å²) in [5.74, 6) is 0.691. The lowest BCUT2D eigenvalue weighted by molar-refractivity contribution is 0.102. The lowest BCUT2D eigenvalue weighted by Crippen LogP contribution is -2.08. The quantitative estimate of drug-likeness (QED) is 0.690. The molecule has 0 aromatic heterocycles. The number of ketones is 1. The summed E-state index contributed by atoms with van der Waals surface area (Å²) in [5.41, 5.74) is 0.809. The number of carbonyl (C=O) groups excluding carboxylic acids is 1. The molecular formula is C12H7ClOS. The van der Waals surface area contributed by atoms with E-state index in [0.29, 0.717) is 5.75 Å². The second-order valence-electron chi connectivity index (χ2n) is 3.49. The second kappa shape index (κ2) is 3.26.